The van der Waals surface area contributed by atoms with Gasteiger partial charge in [-0.1, -0.05) is 44.3 Å². The minimum atomic E-state index is -0.596. The van der Waals surface area contributed by atoms with E-state index in [2.05, 4.69) is 31.3 Å². The van der Waals surface area contributed by atoms with E-state index in [4.69, 9.17) is 18.0 Å². The third-order valence-corrected chi connectivity index (χ3v) is 4.28. The summed E-state index contributed by atoms with van der Waals surface area (Å²) in [6, 6.07) is 6.14. The van der Waals surface area contributed by atoms with Crippen LogP contribution in [-0.2, 0) is 17.6 Å². The maximum absolute atomic E-state index is 12.4. The molecule has 1 aliphatic rings. The Morgan fingerprint density at radius 1 is 1.32 bits per heavy atom. The third kappa shape index (κ3) is 2.50. The fourth-order valence-corrected chi connectivity index (χ4v) is 2.64. The first-order valence-electron chi connectivity index (χ1n) is 6.77. The molecule has 0 spiro atoms. The molecule has 1 aromatic rings. The van der Waals surface area contributed by atoms with Gasteiger partial charge in [-0.3, -0.25) is 4.79 Å². The van der Waals surface area contributed by atoms with Gasteiger partial charge < -0.3 is 11.1 Å². The molecule has 1 amide bonds. The smallest absolute Gasteiger partial charge is 0.237 e. The fraction of sp³-hybridized carbons (Fsp3) is 0.467. The van der Waals surface area contributed by atoms with E-state index in [0.29, 0.717) is 4.99 Å². The molecule has 0 bridgehead atoms. The van der Waals surface area contributed by atoms with Gasteiger partial charge in [0.05, 0.1) is 10.4 Å². The minimum Gasteiger partial charge on any atom is -0.392 e. The van der Waals surface area contributed by atoms with E-state index in [1.807, 2.05) is 6.07 Å². The summed E-state index contributed by atoms with van der Waals surface area (Å²) >= 11 is 5.03. The predicted molar refractivity (Wildman–Crippen MR) is 82.3 cm³/mol. The maximum Gasteiger partial charge on any atom is 0.237 e. The molecule has 0 aliphatic heterocycles. The summed E-state index contributed by atoms with van der Waals surface area (Å²) in [5.74, 6) is -0.0457. The van der Waals surface area contributed by atoms with Crippen LogP contribution in [0.4, 0.5) is 5.69 Å². The number of nitrogens with two attached hydrogens (primary N) is 1. The molecular weight excluding hydrogens is 256 g/mol. The summed E-state index contributed by atoms with van der Waals surface area (Å²) in [5, 5.41) is 3.06. The van der Waals surface area contributed by atoms with Crippen LogP contribution in [0, 0.1) is 5.41 Å². The average molecular weight is 276 g/mol. The summed E-state index contributed by atoms with van der Waals surface area (Å²) in [6.07, 6.45) is 3.32. The topological polar surface area (TPSA) is 55.1 Å². The zero-order valence-corrected chi connectivity index (χ0v) is 12.3. The Morgan fingerprint density at radius 3 is 2.21 bits per heavy atom. The van der Waals surface area contributed by atoms with Gasteiger partial charge in [0.2, 0.25) is 5.91 Å². The Kier molecular flexibility index (Phi) is 3.90. The van der Waals surface area contributed by atoms with Crippen molar-refractivity contribution in [3.05, 3.63) is 29.3 Å². The van der Waals surface area contributed by atoms with Gasteiger partial charge in [0.25, 0.3) is 0 Å². The van der Waals surface area contributed by atoms with E-state index in [1.54, 1.807) is 0 Å². The molecule has 0 aromatic heterocycles. The minimum absolute atomic E-state index is 0.0457. The number of amides is 1. The molecule has 4 heteroatoms. The highest BCUT2D eigenvalue weighted by Gasteiger charge is 2.52. The van der Waals surface area contributed by atoms with Gasteiger partial charge >= 0.3 is 0 Å². The van der Waals surface area contributed by atoms with E-state index in [0.717, 1.165) is 42.5 Å². The lowest BCUT2D eigenvalue weighted by Gasteiger charge is -2.18. The normalized spacial score (nSPS) is 15.9. The standard InChI is InChI=1S/C15H20N2OS/c1-3-10-6-5-7-11(4-2)12(10)17-14(18)15(8-9-15)13(16)19/h5-7H,3-4,8-9H2,1-2H3,(H2,16,19)(H,17,18). The first-order chi connectivity index (χ1) is 9.05. The number of thiocarbonyl (C=S) groups is 1. The Bertz CT molecular complexity index is 499. The molecule has 3 nitrogen and oxygen atoms in total. The van der Waals surface area contributed by atoms with Crippen LogP contribution >= 0.6 is 12.2 Å². The van der Waals surface area contributed by atoms with Crippen molar-refractivity contribution < 1.29 is 4.79 Å². The highest BCUT2D eigenvalue weighted by molar-refractivity contribution is 7.80. The third-order valence-electron chi connectivity index (χ3n) is 3.89. The van der Waals surface area contributed by atoms with Gasteiger partial charge in [0, 0.05) is 5.69 Å². The zero-order valence-electron chi connectivity index (χ0n) is 11.5. The first kappa shape index (κ1) is 14.0. The number of benzene rings is 1. The van der Waals surface area contributed by atoms with Crippen molar-refractivity contribution in [3.63, 3.8) is 0 Å². The molecule has 3 N–H and O–H groups in total. The Labute approximate surface area is 119 Å². The summed E-state index contributed by atoms with van der Waals surface area (Å²) in [5.41, 5.74) is 8.36. The van der Waals surface area contributed by atoms with Gasteiger partial charge in [-0.25, -0.2) is 0 Å². The fourth-order valence-electron chi connectivity index (χ4n) is 2.35. The second-order valence-electron chi connectivity index (χ2n) is 5.06. The van der Waals surface area contributed by atoms with Gasteiger partial charge in [0.1, 0.15) is 0 Å². The number of aryl methyl sites for hydroxylation is 2. The maximum atomic E-state index is 12.4. The number of hydrogen-bond donors (Lipinski definition) is 2. The van der Waals surface area contributed by atoms with Crippen molar-refractivity contribution in [3.8, 4) is 0 Å². The molecule has 0 unspecified atom stereocenters. The molecule has 102 valence electrons. The first-order valence-corrected chi connectivity index (χ1v) is 7.18. The van der Waals surface area contributed by atoms with Crippen LogP contribution in [0.1, 0.15) is 37.8 Å². The van der Waals surface area contributed by atoms with Crippen molar-refractivity contribution in [1.82, 2.24) is 0 Å². The van der Waals surface area contributed by atoms with Gasteiger partial charge in [-0.15, -0.1) is 0 Å². The van der Waals surface area contributed by atoms with E-state index >= 15 is 0 Å². The lowest BCUT2D eigenvalue weighted by Crippen LogP contribution is -2.35. The number of rotatable bonds is 5. The van der Waals surface area contributed by atoms with Gasteiger partial charge in [-0.2, -0.15) is 0 Å². The van der Waals surface area contributed by atoms with Crippen molar-refractivity contribution in [1.29, 1.82) is 0 Å². The zero-order chi connectivity index (χ0) is 14.0. The molecule has 1 saturated carbocycles. The summed E-state index contributed by atoms with van der Waals surface area (Å²) in [6.45, 7) is 4.18. The lowest BCUT2D eigenvalue weighted by atomic mass is 10.0. The predicted octanol–water partition coefficient (Wildman–Crippen LogP) is 2.82. The van der Waals surface area contributed by atoms with Crippen LogP contribution in [0.2, 0.25) is 0 Å². The largest absolute Gasteiger partial charge is 0.392 e. The number of hydrogen-bond acceptors (Lipinski definition) is 2. The summed E-state index contributed by atoms with van der Waals surface area (Å²) < 4.78 is 0. The van der Waals surface area contributed by atoms with E-state index < -0.39 is 5.41 Å². The molecule has 0 saturated heterocycles. The molecule has 19 heavy (non-hydrogen) atoms. The molecule has 1 fully saturated rings. The number of carbonyl (C=O) groups is 1. The van der Waals surface area contributed by atoms with Crippen LogP contribution in [-0.4, -0.2) is 10.9 Å². The molecule has 2 rings (SSSR count). The van der Waals surface area contributed by atoms with E-state index in [1.165, 1.54) is 0 Å². The van der Waals surface area contributed by atoms with Crippen molar-refractivity contribution in [2.75, 3.05) is 5.32 Å². The highest BCUT2D eigenvalue weighted by Crippen LogP contribution is 2.47. The summed E-state index contributed by atoms with van der Waals surface area (Å²) in [7, 11) is 0. The van der Waals surface area contributed by atoms with E-state index in [9.17, 15) is 4.79 Å². The monoisotopic (exact) mass is 276 g/mol. The highest BCUT2D eigenvalue weighted by atomic mass is 32.1. The lowest BCUT2D eigenvalue weighted by molar-refractivity contribution is -0.118. The molecule has 0 atom stereocenters. The van der Waals surface area contributed by atoms with Crippen molar-refractivity contribution in [2.24, 2.45) is 11.1 Å². The number of nitrogens with one attached hydrogen (secondary N) is 1. The van der Waals surface area contributed by atoms with Crippen LogP contribution < -0.4 is 11.1 Å². The SMILES string of the molecule is CCc1cccc(CC)c1NC(=O)C1(C(N)=S)CC1. The van der Waals surface area contributed by atoms with Crippen LogP contribution in [0.25, 0.3) is 0 Å². The number of carbonyl (C=O) groups excluding carboxylic acids is 1. The number of para-hydroxylation sites is 1. The van der Waals surface area contributed by atoms with Crippen LogP contribution in [0.5, 0.6) is 0 Å². The van der Waals surface area contributed by atoms with E-state index in [-0.39, 0.29) is 5.91 Å². The molecule has 0 radical (unpaired) electrons. The second kappa shape index (κ2) is 5.29. The van der Waals surface area contributed by atoms with Gasteiger partial charge in [-0.05, 0) is 36.8 Å². The Morgan fingerprint density at radius 2 is 1.84 bits per heavy atom. The Balaban J connectivity index is 2.28. The second-order valence-corrected chi connectivity index (χ2v) is 5.50. The van der Waals surface area contributed by atoms with Crippen molar-refractivity contribution >= 4 is 28.8 Å². The quantitative estimate of drug-likeness (QED) is 0.813. The van der Waals surface area contributed by atoms with Crippen molar-refractivity contribution in [2.45, 2.75) is 39.5 Å². The molecular formula is C15H20N2OS. The molecule has 1 aliphatic carbocycles. The van der Waals surface area contributed by atoms with Crippen LogP contribution in [0.3, 0.4) is 0 Å². The molecule has 1 aromatic carbocycles. The summed E-state index contributed by atoms with van der Waals surface area (Å²) in [4.78, 5) is 12.7. The van der Waals surface area contributed by atoms with Crippen LogP contribution in [0.15, 0.2) is 18.2 Å². The Hall–Kier alpha value is -1.42. The average Bonchev–Trinajstić information content (AvgIpc) is 3.20. The molecule has 0 heterocycles. The number of anilines is 1. The van der Waals surface area contributed by atoms with Gasteiger partial charge in [0.15, 0.2) is 0 Å².